The minimum atomic E-state index is -0.706. The van der Waals surface area contributed by atoms with Gasteiger partial charge in [0.2, 0.25) is 0 Å². The lowest BCUT2D eigenvalue weighted by Gasteiger charge is -2.27. The fraction of sp³-hybridized carbons (Fsp3) is 0.889. The molecule has 2 atom stereocenters. The average molecular weight is 173 g/mol. The molecule has 0 aromatic carbocycles. The zero-order chi connectivity index (χ0) is 9.72. The van der Waals surface area contributed by atoms with Gasteiger partial charge in [0.25, 0.3) is 0 Å². The number of hydrogen-bond acceptors (Lipinski definition) is 2. The molecule has 12 heavy (non-hydrogen) atoms. The summed E-state index contributed by atoms with van der Waals surface area (Å²) in [7, 11) is 3.99. The Balaban J connectivity index is 4.02. The Morgan fingerprint density at radius 1 is 1.50 bits per heavy atom. The first-order chi connectivity index (χ1) is 5.49. The van der Waals surface area contributed by atoms with Crippen molar-refractivity contribution in [3.05, 3.63) is 0 Å². The average Bonchev–Trinajstić information content (AvgIpc) is 1.85. The van der Waals surface area contributed by atoms with Gasteiger partial charge in [0.15, 0.2) is 0 Å². The van der Waals surface area contributed by atoms with E-state index in [1.54, 1.807) is 0 Å². The van der Waals surface area contributed by atoms with Gasteiger partial charge < -0.3 is 10.0 Å². The molecule has 0 aliphatic rings. The van der Waals surface area contributed by atoms with Gasteiger partial charge in [-0.25, -0.2) is 0 Å². The summed E-state index contributed by atoms with van der Waals surface area (Å²) in [5.41, 5.74) is 0. The van der Waals surface area contributed by atoms with Crippen LogP contribution >= 0.6 is 0 Å². The second-order valence-corrected chi connectivity index (χ2v) is 3.51. The fourth-order valence-corrected chi connectivity index (χ4v) is 1.69. The Hall–Kier alpha value is -0.570. The quantitative estimate of drug-likeness (QED) is 0.684. The standard InChI is InChI=1S/C9H19NO2/c1-5-8(10(3)4)7(2)6-9(11)12/h7-8H,5-6H2,1-4H3,(H,11,12). The van der Waals surface area contributed by atoms with E-state index in [4.69, 9.17) is 5.11 Å². The Labute approximate surface area is 74.4 Å². The maximum Gasteiger partial charge on any atom is 0.303 e. The molecular weight excluding hydrogens is 154 g/mol. The molecule has 0 amide bonds. The lowest BCUT2D eigenvalue weighted by Crippen LogP contribution is -2.34. The van der Waals surface area contributed by atoms with Crippen molar-refractivity contribution in [1.29, 1.82) is 0 Å². The van der Waals surface area contributed by atoms with Crippen LogP contribution in [0.25, 0.3) is 0 Å². The molecule has 3 heteroatoms. The molecule has 0 aliphatic heterocycles. The van der Waals surface area contributed by atoms with Gasteiger partial charge in [0.1, 0.15) is 0 Å². The Morgan fingerprint density at radius 2 is 2.00 bits per heavy atom. The van der Waals surface area contributed by atoms with E-state index in [1.807, 2.05) is 21.0 Å². The fourth-order valence-electron chi connectivity index (χ4n) is 1.69. The zero-order valence-corrected chi connectivity index (χ0v) is 8.37. The van der Waals surface area contributed by atoms with E-state index in [0.717, 1.165) is 6.42 Å². The van der Waals surface area contributed by atoms with Gasteiger partial charge in [-0.3, -0.25) is 4.79 Å². The van der Waals surface area contributed by atoms with Crippen LogP contribution in [0.4, 0.5) is 0 Å². The first kappa shape index (κ1) is 11.4. The van der Waals surface area contributed by atoms with Gasteiger partial charge in [-0.1, -0.05) is 13.8 Å². The second kappa shape index (κ2) is 5.14. The van der Waals surface area contributed by atoms with Crippen LogP contribution in [-0.4, -0.2) is 36.1 Å². The van der Waals surface area contributed by atoms with Crippen molar-refractivity contribution in [3.8, 4) is 0 Å². The second-order valence-electron chi connectivity index (χ2n) is 3.51. The van der Waals surface area contributed by atoms with Crippen molar-refractivity contribution in [2.24, 2.45) is 5.92 Å². The molecule has 0 rings (SSSR count). The van der Waals surface area contributed by atoms with E-state index in [9.17, 15) is 4.79 Å². The summed E-state index contributed by atoms with van der Waals surface area (Å²) in [4.78, 5) is 12.5. The van der Waals surface area contributed by atoms with Crippen molar-refractivity contribution in [2.75, 3.05) is 14.1 Å². The molecular formula is C9H19NO2. The minimum Gasteiger partial charge on any atom is -0.481 e. The lowest BCUT2D eigenvalue weighted by molar-refractivity contribution is -0.138. The van der Waals surface area contributed by atoms with Crippen LogP contribution in [0.5, 0.6) is 0 Å². The molecule has 0 spiro atoms. The third kappa shape index (κ3) is 3.72. The number of aliphatic carboxylic acids is 1. The summed E-state index contributed by atoms with van der Waals surface area (Å²) in [6, 6.07) is 0.376. The minimum absolute atomic E-state index is 0.225. The summed E-state index contributed by atoms with van der Waals surface area (Å²) in [6.07, 6.45) is 1.26. The molecule has 0 aromatic rings. The van der Waals surface area contributed by atoms with E-state index in [2.05, 4.69) is 11.8 Å². The molecule has 1 N–H and O–H groups in total. The van der Waals surface area contributed by atoms with Crippen molar-refractivity contribution in [2.45, 2.75) is 32.7 Å². The third-order valence-corrected chi connectivity index (χ3v) is 2.24. The smallest absolute Gasteiger partial charge is 0.303 e. The molecule has 0 heterocycles. The van der Waals surface area contributed by atoms with E-state index >= 15 is 0 Å². The number of rotatable bonds is 5. The molecule has 72 valence electrons. The molecule has 0 aliphatic carbocycles. The highest BCUT2D eigenvalue weighted by molar-refractivity contribution is 5.67. The van der Waals surface area contributed by atoms with Gasteiger partial charge in [-0.2, -0.15) is 0 Å². The number of carboxylic acid groups (broad SMARTS) is 1. The van der Waals surface area contributed by atoms with E-state index in [1.165, 1.54) is 0 Å². The van der Waals surface area contributed by atoms with Crippen molar-refractivity contribution in [1.82, 2.24) is 4.90 Å². The lowest BCUT2D eigenvalue weighted by atomic mass is 9.95. The number of hydrogen-bond donors (Lipinski definition) is 1. The van der Waals surface area contributed by atoms with Crippen LogP contribution in [-0.2, 0) is 4.79 Å². The SMILES string of the molecule is CCC(C(C)CC(=O)O)N(C)C. The van der Waals surface area contributed by atoms with E-state index < -0.39 is 5.97 Å². The normalized spacial score (nSPS) is 16.1. The van der Waals surface area contributed by atoms with Crippen LogP contribution < -0.4 is 0 Å². The van der Waals surface area contributed by atoms with Crippen LogP contribution in [0.1, 0.15) is 26.7 Å². The van der Waals surface area contributed by atoms with Gasteiger partial charge >= 0.3 is 5.97 Å². The molecule has 2 unspecified atom stereocenters. The molecule has 0 aromatic heterocycles. The predicted octanol–water partition coefficient (Wildman–Crippen LogP) is 1.44. The summed E-state index contributed by atoms with van der Waals surface area (Å²) in [5.74, 6) is -0.481. The summed E-state index contributed by atoms with van der Waals surface area (Å²) in [5, 5.41) is 8.59. The molecule has 0 saturated carbocycles. The molecule has 0 bridgehead atoms. The van der Waals surface area contributed by atoms with Crippen molar-refractivity contribution >= 4 is 5.97 Å². The van der Waals surface area contributed by atoms with Crippen LogP contribution in [0, 0.1) is 5.92 Å². The zero-order valence-electron chi connectivity index (χ0n) is 8.37. The number of carbonyl (C=O) groups is 1. The monoisotopic (exact) mass is 173 g/mol. The first-order valence-electron chi connectivity index (χ1n) is 4.37. The maximum absolute atomic E-state index is 10.4. The Bertz CT molecular complexity index is 145. The van der Waals surface area contributed by atoms with Crippen LogP contribution in [0.2, 0.25) is 0 Å². The summed E-state index contributed by atoms with van der Waals surface area (Å²) in [6.45, 7) is 4.07. The van der Waals surface area contributed by atoms with Crippen LogP contribution in [0.3, 0.4) is 0 Å². The highest BCUT2D eigenvalue weighted by atomic mass is 16.4. The first-order valence-corrected chi connectivity index (χ1v) is 4.37. The van der Waals surface area contributed by atoms with Crippen molar-refractivity contribution in [3.63, 3.8) is 0 Å². The maximum atomic E-state index is 10.4. The van der Waals surface area contributed by atoms with Crippen molar-refractivity contribution < 1.29 is 9.90 Å². The van der Waals surface area contributed by atoms with Gasteiger partial charge in [0.05, 0.1) is 0 Å². The number of carboxylic acids is 1. The Morgan fingerprint density at radius 3 is 2.25 bits per heavy atom. The van der Waals surface area contributed by atoms with Gasteiger partial charge in [-0.15, -0.1) is 0 Å². The van der Waals surface area contributed by atoms with Crippen LogP contribution in [0.15, 0.2) is 0 Å². The summed E-state index contributed by atoms with van der Waals surface area (Å²) < 4.78 is 0. The largest absolute Gasteiger partial charge is 0.481 e. The highest BCUT2D eigenvalue weighted by Crippen LogP contribution is 2.15. The molecule has 3 nitrogen and oxygen atoms in total. The van der Waals surface area contributed by atoms with E-state index in [-0.39, 0.29) is 12.3 Å². The summed E-state index contributed by atoms with van der Waals surface area (Å²) >= 11 is 0. The molecule has 0 radical (unpaired) electrons. The Kier molecular flexibility index (Phi) is 4.90. The number of nitrogens with zero attached hydrogens (tertiary/aromatic N) is 1. The molecule has 0 saturated heterocycles. The highest BCUT2D eigenvalue weighted by Gasteiger charge is 2.19. The van der Waals surface area contributed by atoms with Gasteiger partial charge in [0, 0.05) is 12.5 Å². The molecule has 0 fully saturated rings. The van der Waals surface area contributed by atoms with E-state index in [0.29, 0.717) is 6.04 Å². The predicted molar refractivity (Wildman–Crippen MR) is 49.2 cm³/mol. The topological polar surface area (TPSA) is 40.5 Å². The van der Waals surface area contributed by atoms with Gasteiger partial charge in [-0.05, 0) is 26.4 Å². The third-order valence-electron chi connectivity index (χ3n) is 2.24.